The van der Waals surface area contributed by atoms with Crippen molar-refractivity contribution < 1.29 is 10.0 Å². The Kier molecular flexibility index (Phi) is 5.07. The van der Waals surface area contributed by atoms with E-state index in [1.165, 1.54) is 5.39 Å². The molecule has 0 spiro atoms. The zero-order valence-corrected chi connectivity index (χ0v) is 17.3. The first-order valence-corrected chi connectivity index (χ1v) is 10.6. The van der Waals surface area contributed by atoms with Gasteiger partial charge in [0, 0.05) is 29.1 Å². The van der Waals surface area contributed by atoms with Crippen molar-refractivity contribution in [3.63, 3.8) is 0 Å². The van der Waals surface area contributed by atoms with Gasteiger partial charge in [-0.1, -0.05) is 36.4 Å². The lowest BCUT2D eigenvalue weighted by Crippen LogP contribution is -2.18. The lowest BCUT2D eigenvalue weighted by Gasteiger charge is -2.10. The van der Waals surface area contributed by atoms with E-state index in [2.05, 4.69) is 31.9 Å². The molecule has 31 heavy (non-hydrogen) atoms. The Labute approximate surface area is 182 Å². The number of nitrogens with one attached hydrogen (secondary N) is 2. The molecule has 0 aliphatic heterocycles. The average Bonchev–Trinajstić information content (AvgIpc) is 3.55. The number of aromatic amines is 1. The number of rotatable bonds is 6. The van der Waals surface area contributed by atoms with E-state index >= 15 is 0 Å². The van der Waals surface area contributed by atoms with Gasteiger partial charge in [-0.2, -0.15) is 0 Å². The maximum atomic E-state index is 11.6. The summed E-state index contributed by atoms with van der Waals surface area (Å²) in [6.45, 7) is 0.568. The molecule has 0 aliphatic carbocycles. The Bertz CT molecular complexity index is 1340. The lowest BCUT2D eigenvalue weighted by molar-refractivity contribution is 0.0706. The minimum Gasteiger partial charge on any atom is -0.361 e. The lowest BCUT2D eigenvalue weighted by atomic mass is 10.1. The highest BCUT2D eigenvalue weighted by Crippen LogP contribution is 2.27. The highest BCUT2D eigenvalue weighted by atomic mass is 32.1. The fourth-order valence-electron chi connectivity index (χ4n) is 3.68. The zero-order chi connectivity index (χ0) is 21.2. The summed E-state index contributed by atoms with van der Waals surface area (Å²) in [5.74, 6) is 1.16. The maximum Gasteiger partial charge on any atom is 0.274 e. The molecule has 0 saturated carbocycles. The van der Waals surface area contributed by atoms with E-state index < -0.39 is 5.91 Å². The highest BCUT2D eigenvalue weighted by Gasteiger charge is 2.17. The van der Waals surface area contributed by atoms with E-state index in [1.54, 1.807) is 28.9 Å². The molecule has 0 unspecified atom stereocenters. The van der Waals surface area contributed by atoms with Gasteiger partial charge in [-0.25, -0.2) is 5.48 Å². The summed E-state index contributed by atoms with van der Waals surface area (Å²) in [7, 11) is 0. The molecule has 0 radical (unpaired) electrons. The summed E-state index contributed by atoms with van der Waals surface area (Å²) >= 11 is 1.62. The number of benzene rings is 2. The van der Waals surface area contributed by atoms with E-state index in [0.717, 1.165) is 33.2 Å². The van der Waals surface area contributed by atoms with Crippen molar-refractivity contribution >= 4 is 28.1 Å². The number of hydrogen-bond acceptors (Lipinski definition) is 5. The van der Waals surface area contributed by atoms with Crippen LogP contribution in [0.1, 0.15) is 27.3 Å². The van der Waals surface area contributed by atoms with Gasteiger partial charge in [0.15, 0.2) is 5.82 Å². The number of amides is 1. The normalized spacial score (nSPS) is 11.1. The summed E-state index contributed by atoms with van der Waals surface area (Å²) in [4.78, 5) is 16.0. The van der Waals surface area contributed by atoms with Gasteiger partial charge < -0.3 is 9.55 Å². The molecule has 7 nitrogen and oxygen atoms in total. The molecular weight excluding hydrogens is 410 g/mol. The molecule has 2 aromatic carbocycles. The Balaban J connectivity index is 1.51. The van der Waals surface area contributed by atoms with Crippen molar-refractivity contribution in [1.29, 1.82) is 0 Å². The van der Waals surface area contributed by atoms with Crippen LogP contribution in [0.15, 0.2) is 72.2 Å². The first-order chi connectivity index (χ1) is 15.2. The Hall–Kier alpha value is -3.75. The van der Waals surface area contributed by atoms with Crippen LogP contribution in [0, 0.1) is 0 Å². The van der Waals surface area contributed by atoms with Gasteiger partial charge in [-0.15, -0.1) is 21.5 Å². The van der Waals surface area contributed by atoms with Crippen molar-refractivity contribution in [1.82, 2.24) is 25.2 Å². The second kappa shape index (κ2) is 8.17. The summed E-state index contributed by atoms with van der Waals surface area (Å²) in [6, 6.07) is 19.4. The number of aromatic nitrogens is 4. The number of hydroxylamine groups is 1. The summed E-state index contributed by atoms with van der Waals surface area (Å²) in [5, 5.41) is 21.0. The number of fused-ring (bicyclic) bond motifs is 1. The van der Waals surface area contributed by atoms with Crippen LogP contribution < -0.4 is 5.48 Å². The minimum absolute atomic E-state index is 0.396. The molecule has 3 N–H and O–H groups in total. The number of para-hydroxylation sites is 1. The van der Waals surface area contributed by atoms with Crippen LogP contribution in [-0.2, 0) is 13.0 Å². The summed E-state index contributed by atoms with van der Waals surface area (Å²) in [5.41, 5.74) is 5.32. The number of carbonyl (C=O) groups is 1. The van der Waals surface area contributed by atoms with Gasteiger partial charge in [0.25, 0.3) is 5.91 Å². The third kappa shape index (κ3) is 3.74. The molecule has 1 amide bonds. The molecule has 0 saturated heterocycles. The van der Waals surface area contributed by atoms with Crippen LogP contribution in [0.4, 0.5) is 0 Å². The van der Waals surface area contributed by atoms with Gasteiger partial charge >= 0.3 is 0 Å². The quantitative estimate of drug-likeness (QED) is 0.278. The van der Waals surface area contributed by atoms with E-state index in [9.17, 15) is 4.79 Å². The van der Waals surface area contributed by atoms with Crippen LogP contribution in [0.2, 0.25) is 0 Å². The standard InChI is InChI=1S/C23H19N5O2S/c29-23(27-30)16-9-7-15(8-10-16)14-28-21(25-26-22(28)20-6-3-11-31-20)12-17-13-24-19-5-2-1-4-18(17)19/h1-11,13,24,30H,12,14H2,(H,27,29). The SMILES string of the molecule is O=C(NO)c1ccc(Cn2c(Cc3c[nH]c4ccccc34)nnc2-c2cccs2)cc1. The van der Waals surface area contributed by atoms with Crippen molar-refractivity contribution in [2.75, 3.05) is 0 Å². The maximum absolute atomic E-state index is 11.6. The molecule has 5 rings (SSSR count). The van der Waals surface area contributed by atoms with Gasteiger partial charge in [0.05, 0.1) is 11.4 Å². The molecule has 5 aromatic rings. The van der Waals surface area contributed by atoms with E-state index in [1.807, 2.05) is 48.0 Å². The fourth-order valence-corrected chi connectivity index (χ4v) is 4.39. The van der Waals surface area contributed by atoms with Crippen molar-refractivity contribution in [2.45, 2.75) is 13.0 Å². The molecule has 8 heteroatoms. The zero-order valence-electron chi connectivity index (χ0n) is 16.4. The fraction of sp³-hybridized carbons (Fsp3) is 0.0870. The van der Waals surface area contributed by atoms with E-state index in [4.69, 9.17) is 5.21 Å². The third-order valence-corrected chi connectivity index (χ3v) is 6.12. The van der Waals surface area contributed by atoms with E-state index in [0.29, 0.717) is 18.5 Å². The Morgan fingerprint density at radius 3 is 2.68 bits per heavy atom. The number of nitrogens with zero attached hydrogens (tertiary/aromatic N) is 3. The van der Waals surface area contributed by atoms with Crippen LogP contribution in [0.3, 0.4) is 0 Å². The molecule has 0 aliphatic rings. The second-order valence-electron chi connectivity index (χ2n) is 7.18. The summed E-state index contributed by atoms with van der Waals surface area (Å²) in [6.07, 6.45) is 2.67. The number of hydrogen-bond donors (Lipinski definition) is 3. The third-order valence-electron chi connectivity index (χ3n) is 5.25. The second-order valence-corrected chi connectivity index (χ2v) is 8.13. The molecule has 3 aromatic heterocycles. The highest BCUT2D eigenvalue weighted by molar-refractivity contribution is 7.13. The van der Waals surface area contributed by atoms with Crippen molar-refractivity contribution in [3.05, 3.63) is 94.8 Å². The summed E-state index contributed by atoms with van der Waals surface area (Å²) < 4.78 is 2.12. The van der Waals surface area contributed by atoms with Crippen LogP contribution in [0.5, 0.6) is 0 Å². The monoisotopic (exact) mass is 429 g/mol. The van der Waals surface area contributed by atoms with Crippen LogP contribution in [0.25, 0.3) is 21.6 Å². The largest absolute Gasteiger partial charge is 0.361 e. The number of H-pyrrole nitrogens is 1. The smallest absolute Gasteiger partial charge is 0.274 e. The predicted octanol–water partition coefficient (Wildman–Crippen LogP) is 4.25. The Morgan fingerprint density at radius 2 is 1.90 bits per heavy atom. The number of carbonyl (C=O) groups excluding carboxylic acids is 1. The molecule has 154 valence electrons. The van der Waals surface area contributed by atoms with Gasteiger partial charge in [-0.3, -0.25) is 10.0 Å². The van der Waals surface area contributed by atoms with Crippen LogP contribution in [-0.4, -0.2) is 30.9 Å². The predicted molar refractivity (Wildman–Crippen MR) is 119 cm³/mol. The molecule has 3 heterocycles. The molecular formula is C23H19N5O2S. The molecule has 0 atom stereocenters. The van der Waals surface area contributed by atoms with E-state index in [-0.39, 0.29) is 0 Å². The van der Waals surface area contributed by atoms with Crippen LogP contribution >= 0.6 is 11.3 Å². The topological polar surface area (TPSA) is 95.8 Å². The van der Waals surface area contributed by atoms with Crippen molar-refractivity contribution in [3.8, 4) is 10.7 Å². The first kappa shape index (κ1) is 19.2. The van der Waals surface area contributed by atoms with Gasteiger partial charge in [-0.05, 0) is 40.8 Å². The van der Waals surface area contributed by atoms with Gasteiger partial charge in [0.2, 0.25) is 0 Å². The Morgan fingerprint density at radius 1 is 1.06 bits per heavy atom. The first-order valence-electron chi connectivity index (χ1n) is 9.77. The number of thiophene rings is 1. The molecule has 0 bridgehead atoms. The minimum atomic E-state index is -0.532. The average molecular weight is 430 g/mol. The van der Waals surface area contributed by atoms with Gasteiger partial charge in [0.1, 0.15) is 5.82 Å². The van der Waals surface area contributed by atoms with Crippen molar-refractivity contribution in [2.24, 2.45) is 0 Å². The molecule has 0 fully saturated rings.